The van der Waals surface area contributed by atoms with Crippen molar-refractivity contribution in [3.8, 4) is 16.8 Å². The molecular formula is C20H16NO3P. The van der Waals surface area contributed by atoms with Crippen molar-refractivity contribution in [2.75, 3.05) is 0 Å². The average Bonchev–Trinajstić information content (AvgIpc) is 2.61. The third-order valence-corrected chi connectivity index (χ3v) is 4.39. The summed E-state index contributed by atoms with van der Waals surface area (Å²) in [7, 11) is -0.220. The molecule has 0 bridgehead atoms. The van der Waals surface area contributed by atoms with Crippen LogP contribution in [0.25, 0.3) is 21.9 Å². The number of nitrogens with two attached hydrogens (primary N) is 1. The summed E-state index contributed by atoms with van der Waals surface area (Å²) >= 11 is 0. The van der Waals surface area contributed by atoms with Gasteiger partial charge in [-0.15, -0.1) is 0 Å². The van der Waals surface area contributed by atoms with Gasteiger partial charge in [0.15, 0.2) is 0 Å². The monoisotopic (exact) mass is 349 g/mol. The molecular weight excluding hydrogens is 333 g/mol. The molecule has 124 valence electrons. The standard InChI is InChI=1S/C20H16NO3P/c21-19(20(22)23)11-13-8-14(12-25-24)10-16(9-13)18-7-3-5-15-4-1-2-6-17(15)18/h1-10,19H,11,21H2,(H,22,23). The van der Waals surface area contributed by atoms with Crippen LogP contribution in [0.15, 0.2) is 60.7 Å². The molecule has 0 aliphatic carbocycles. The number of aliphatic carboxylic acids is 1. The van der Waals surface area contributed by atoms with Crippen LogP contribution in [0, 0.1) is 5.63 Å². The fraction of sp³-hybridized carbons (Fsp3) is 0.100. The molecule has 25 heavy (non-hydrogen) atoms. The molecule has 4 nitrogen and oxygen atoms in total. The van der Waals surface area contributed by atoms with E-state index in [9.17, 15) is 9.36 Å². The zero-order valence-corrected chi connectivity index (χ0v) is 14.2. The van der Waals surface area contributed by atoms with Crippen molar-refractivity contribution in [1.29, 1.82) is 0 Å². The van der Waals surface area contributed by atoms with Gasteiger partial charge in [0.2, 0.25) is 0 Å². The quantitative estimate of drug-likeness (QED) is 0.696. The molecule has 0 amide bonds. The Morgan fingerprint density at radius 2 is 1.88 bits per heavy atom. The fourth-order valence-electron chi connectivity index (χ4n) is 2.90. The van der Waals surface area contributed by atoms with Gasteiger partial charge in [-0.2, -0.15) is 0 Å². The second-order valence-electron chi connectivity index (χ2n) is 5.80. The molecule has 0 aromatic heterocycles. The molecule has 0 fully saturated rings. The zero-order chi connectivity index (χ0) is 17.8. The van der Waals surface area contributed by atoms with Gasteiger partial charge in [0.25, 0.3) is 0 Å². The zero-order valence-electron chi connectivity index (χ0n) is 13.3. The van der Waals surface area contributed by atoms with Crippen LogP contribution in [0.2, 0.25) is 0 Å². The number of rotatable bonds is 4. The first-order chi connectivity index (χ1) is 12.1. The van der Waals surface area contributed by atoms with Gasteiger partial charge in [-0.1, -0.05) is 0 Å². The summed E-state index contributed by atoms with van der Waals surface area (Å²) < 4.78 is 10.9. The minimum absolute atomic E-state index is 0.193. The molecule has 3 aromatic rings. The first-order valence-electron chi connectivity index (χ1n) is 7.77. The number of fused-ring (bicyclic) bond motifs is 1. The van der Waals surface area contributed by atoms with Crippen LogP contribution in [0.5, 0.6) is 0 Å². The molecule has 0 saturated heterocycles. The summed E-state index contributed by atoms with van der Waals surface area (Å²) in [6.45, 7) is 0. The Morgan fingerprint density at radius 1 is 1.12 bits per heavy atom. The summed E-state index contributed by atoms with van der Waals surface area (Å²) in [6.07, 6.45) is 0.193. The van der Waals surface area contributed by atoms with Gasteiger partial charge in [-0.05, 0) is 0 Å². The predicted octanol–water partition coefficient (Wildman–Crippen LogP) is 4.06. The summed E-state index contributed by atoms with van der Waals surface area (Å²) in [6, 6.07) is 18.7. The van der Waals surface area contributed by atoms with E-state index in [1.807, 2.05) is 54.6 Å². The van der Waals surface area contributed by atoms with Crippen LogP contribution in [0.1, 0.15) is 11.1 Å². The first-order valence-corrected chi connectivity index (χ1v) is 8.58. The topological polar surface area (TPSA) is 80.4 Å². The van der Waals surface area contributed by atoms with E-state index in [4.69, 9.17) is 10.8 Å². The first kappa shape index (κ1) is 17.2. The van der Waals surface area contributed by atoms with E-state index >= 15 is 0 Å². The Kier molecular flexibility index (Phi) is 5.16. The summed E-state index contributed by atoms with van der Waals surface area (Å²) in [5.41, 5.74) is 11.8. The van der Waals surface area contributed by atoms with Gasteiger partial charge in [-0.25, -0.2) is 0 Å². The van der Waals surface area contributed by atoms with Crippen LogP contribution in [-0.2, 0) is 15.8 Å². The minimum atomic E-state index is -1.05. The van der Waals surface area contributed by atoms with Crippen LogP contribution < -0.4 is 5.73 Å². The van der Waals surface area contributed by atoms with E-state index in [1.165, 1.54) is 0 Å². The number of benzene rings is 3. The van der Waals surface area contributed by atoms with Gasteiger partial charge < -0.3 is 0 Å². The van der Waals surface area contributed by atoms with Crippen molar-refractivity contribution >= 4 is 24.7 Å². The number of carboxylic acids is 1. The molecule has 1 unspecified atom stereocenters. The Balaban J connectivity index is 2.17. The van der Waals surface area contributed by atoms with Gasteiger partial charge in [-0.3, -0.25) is 0 Å². The van der Waals surface area contributed by atoms with Crippen LogP contribution in [0.3, 0.4) is 0 Å². The molecule has 1 atom stereocenters. The number of carbonyl (C=O) groups is 1. The van der Waals surface area contributed by atoms with E-state index in [2.05, 4.69) is 5.63 Å². The number of carboxylic acid groups (broad SMARTS) is 1. The maximum atomic E-state index is 11.1. The summed E-state index contributed by atoms with van der Waals surface area (Å²) in [5.74, 6) is -1.05. The summed E-state index contributed by atoms with van der Waals surface area (Å²) in [5, 5.41) is 11.3. The average molecular weight is 349 g/mol. The van der Waals surface area contributed by atoms with E-state index < -0.39 is 12.0 Å². The van der Waals surface area contributed by atoms with Crippen molar-refractivity contribution in [2.24, 2.45) is 5.73 Å². The third kappa shape index (κ3) is 3.89. The second kappa shape index (κ2) is 7.50. The van der Waals surface area contributed by atoms with E-state index in [-0.39, 0.29) is 14.3 Å². The van der Waals surface area contributed by atoms with Crippen LogP contribution >= 0.6 is 7.92 Å². The molecule has 3 N–H and O–H groups in total. The molecule has 0 heterocycles. The second-order valence-corrected chi connectivity index (χ2v) is 6.20. The van der Waals surface area contributed by atoms with Crippen molar-refractivity contribution in [2.45, 2.75) is 12.5 Å². The van der Waals surface area contributed by atoms with Crippen molar-refractivity contribution < 1.29 is 14.5 Å². The van der Waals surface area contributed by atoms with Crippen LogP contribution in [-0.4, -0.2) is 17.1 Å². The molecule has 3 rings (SSSR count). The predicted molar refractivity (Wildman–Crippen MR) is 99.3 cm³/mol. The van der Waals surface area contributed by atoms with Gasteiger partial charge in [0, 0.05) is 0 Å². The van der Waals surface area contributed by atoms with Gasteiger partial charge in [0.1, 0.15) is 0 Å². The Hall–Kier alpha value is -2.64. The molecule has 0 aliphatic rings. The van der Waals surface area contributed by atoms with Crippen molar-refractivity contribution in [1.82, 2.24) is 0 Å². The number of hydrogen-bond donors (Lipinski definition) is 2. The molecule has 0 radical (unpaired) electrons. The SMILES string of the molecule is NC(Cc1cc(C#P=O)cc(-c2cccc3ccccc23)c1)C(=O)O. The van der Waals surface area contributed by atoms with E-state index in [0.717, 1.165) is 27.5 Å². The third-order valence-electron chi connectivity index (χ3n) is 4.04. The van der Waals surface area contributed by atoms with Gasteiger partial charge in [0.05, 0.1) is 0 Å². The Bertz CT molecular complexity index is 1050. The van der Waals surface area contributed by atoms with E-state index in [0.29, 0.717) is 5.56 Å². The Morgan fingerprint density at radius 3 is 2.64 bits per heavy atom. The van der Waals surface area contributed by atoms with Crippen molar-refractivity contribution in [3.05, 3.63) is 71.8 Å². The van der Waals surface area contributed by atoms with Crippen LogP contribution in [0.4, 0.5) is 0 Å². The number of hydrogen-bond acceptors (Lipinski definition) is 3. The maximum absolute atomic E-state index is 11.1. The molecule has 0 aliphatic heterocycles. The normalized spacial score (nSPS) is 11.7. The molecule has 0 spiro atoms. The molecule has 5 heteroatoms. The summed E-state index contributed by atoms with van der Waals surface area (Å²) in [4.78, 5) is 11.1. The Labute approximate surface area is 146 Å². The fourth-order valence-corrected chi connectivity index (χ4v) is 3.14. The van der Waals surface area contributed by atoms with Crippen molar-refractivity contribution in [3.63, 3.8) is 0 Å². The van der Waals surface area contributed by atoms with E-state index in [1.54, 1.807) is 6.07 Å². The molecule has 0 saturated carbocycles. The van der Waals surface area contributed by atoms with Gasteiger partial charge >= 0.3 is 146 Å². The molecule has 3 aromatic carbocycles.